The Kier molecular flexibility index (Phi) is 4.78. The molecular formula is C7H14ClN. The fourth-order valence-electron chi connectivity index (χ4n) is 0.725. The molecule has 0 saturated carbocycles. The molecule has 1 nitrogen and oxygen atoms in total. The second-order valence-corrected chi connectivity index (χ2v) is 2.58. The van der Waals surface area contributed by atoms with Gasteiger partial charge in [-0.05, 0) is 19.3 Å². The van der Waals surface area contributed by atoms with Crippen molar-refractivity contribution in [3.8, 4) is 0 Å². The summed E-state index contributed by atoms with van der Waals surface area (Å²) in [5.41, 5.74) is 1.04. The summed E-state index contributed by atoms with van der Waals surface area (Å²) in [5.74, 6) is 0.549. The predicted octanol–water partition coefficient (Wildman–Crippen LogP) is 3.04. The van der Waals surface area contributed by atoms with Crippen molar-refractivity contribution >= 4 is 17.5 Å². The van der Waals surface area contributed by atoms with Crippen LogP contribution in [0.5, 0.6) is 0 Å². The van der Waals surface area contributed by atoms with Gasteiger partial charge in [0.15, 0.2) is 0 Å². The van der Waals surface area contributed by atoms with Crippen molar-refractivity contribution in [1.29, 1.82) is 0 Å². The minimum absolute atomic E-state index is 0.549. The Labute approximate surface area is 62.2 Å². The lowest BCUT2D eigenvalue weighted by molar-refractivity contribution is 0.665. The van der Waals surface area contributed by atoms with E-state index in [9.17, 15) is 0 Å². The van der Waals surface area contributed by atoms with Crippen LogP contribution in [0.4, 0.5) is 0 Å². The summed E-state index contributed by atoms with van der Waals surface area (Å²) >= 11 is 5.27. The van der Waals surface area contributed by atoms with Gasteiger partial charge in [0.25, 0.3) is 0 Å². The van der Waals surface area contributed by atoms with Gasteiger partial charge in [0.2, 0.25) is 0 Å². The van der Waals surface area contributed by atoms with Crippen LogP contribution in [0.1, 0.15) is 33.6 Å². The number of nitrogens with zero attached hydrogens (tertiary/aromatic N) is 1. The largest absolute Gasteiger partial charge is 0.187 e. The van der Waals surface area contributed by atoms with Crippen LogP contribution in [-0.4, -0.2) is 5.71 Å². The Morgan fingerprint density at radius 3 is 2.56 bits per heavy atom. The van der Waals surface area contributed by atoms with Gasteiger partial charge in [-0.1, -0.05) is 20.3 Å². The third-order valence-corrected chi connectivity index (χ3v) is 1.83. The van der Waals surface area contributed by atoms with Crippen molar-refractivity contribution < 1.29 is 0 Å². The summed E-state index contributed by atoms with van der Waals surface area (Å²) in [6, 6.07) is 0. The summed E-state index contributed by atoms with van der Waals surface area (Å²) in [4.78, 5) is 0. The maximum absolute atomic E-state index is 5.27. The third kappa shape index (κ3) is 3.52. The summed E-state index contributed by atoms with van der Waals surface area (Å²) in [6.07, 6.45) is 2.38. The number of halogens is 1. The van der Waals surface area contributed by atoms with E-state index in [1.54, 1.807) is 0 Å². The first kappa shape index (κ1) is 8.96. The molecule has 0 aliphatic carbocycles. The molecule has 0 aromatic heterocycles. The molecule has 0 saturated heterocycles. The molecule has 0 N–H and O–H groups in total. The zero-order valence-corrected chi connectivity index (χ0v) is 7.07. The van der Waals surface area contributed by atoms with Crippen molar-refractivity contribution in [2.75, 3.05) is 0 Å². The van der Waals surface area contributed by atoms with Gasteiger partial charge in [0, 0.05) is 17.5 Å². The molecule has 0 radical (unpaired) electrons. The van der Waals surface area contributed by atoms with Gasteiger partial charge >= 0.3 is 0 Å². The molecule has 0 aromatic rings. The second-order valence-electron chi connectivity index (χ2n) is 2.42. The van der Waals surface area contributed by atoms with Crippen LogP contribution in [-0.2, 0) is 0 Å². The van der Waals surface area contributed by atoms with Crippen LogP contribution in [0.3, 0.4) is 0 Å². The summed E-state index contributed by atoms with van der Waals surface area (Å²) in [7, 11) is 0. The zero-order valence-electron chi connectivity index (χ0n) is 6.32. The number of hydrogen-bond donors (Lipinski definition) is 0. The molecule has 0 spiro atoms. The standard InChI is InChI=1S/C7H14ClN/c1-4-5-6(2)7(3)9-8/h6H,4-5H2,1-3H3. The van der Waals surface area contributed by atoms with Crippen molar-refractivity contribution in [2.45, 2.75) is 33.6 Å². The van der Waals surface area contributed by atoms with Gasteiger partial charge in [-0.2, -0.15) is 4.51 Å². The lowest BCUT2D eigenvalue weighted by atomic mass is 10.0. The van der Waals surface area contributed by atoms with E-state index in [4.69, 9.17) is 11.8 Å². The lowest BCUT2D eigenvalue weighted by Crippen LogP contribution is -2.04. The fraction of sp³-hybridized carbons (Fsp3) is 0.857. The summed E-state index contributed by atoms with van der Waals surface area (Å²) in [5, 5.41) is 0. The predicted molar refractivity (Wildman–Crippen MR) is 43.0 cm³/mol. The van der Waals surface area contributed by atoms with Gasteiger partial charge in [-0.25, -0.2) is 0 Å². The number of rotatable bonds is 3. The molecule has 0 bridgehead atoms. The summed E-state index contributed by atoms with van der Waals surface area (Å²) in [6.45, 7) is 6.27. The van der Waals surface area contributed by atoms with Crippen LogP contribution in [0.15, 0.2) is 4.51 Å². The molecule has 9 heavy (non-hydrogen) atoms. The van der Waals surface area contributed by atoms with Crippen molar-refractivity contribution in [3.63, 3.8) is 0 Å². The Morgan fingerprint density at radius 2 is 2.22 bits per heavy atom. The van der Waals surface area contributed by atoms with E-state index in [-0.39, 0.29) is 0 Å². The van der Waals surface area contributed by atoms with Crippen LogP contribution >= 0.6 is 11.8 Å². The molecule has 0 aliphatic rings. The van der Waals surface area contributed by atoms with Crippen molar-refractivity contribution in [2.24, 2.45) is 10.4 Å². The van der Waals surface area contributed by atoms with E-state index in [0.29, 0.717) is 5.92 Å². The monoisotopic (exact) mass is 147 g/mol. The third-order valence-electron chi connectivity index (χ3n) is 1.57. The second kappa shape index (κ2) is 4.80. The highest BCUT2D eigenvalue weighted by Gasteiger charge is 2.02. The molecule has 0 aliphatic heterocycles. The maximum Gasteiger partial charge on any atom is 0.0364 e. The van der Waals surface area contributed by atoms with Gasteiger partial charge in [-0.15, -0.1) is 0 Å². The molecule has 1 atom stereocenters. The smallest absolute Gasteiger partial charge is 0.0364 e. The first-order valence-electron chi connectivity index (χ1n) is 3.37. The van der Waals surface area contributed by atoms with Crippen LogP contribution in [0.25, 0.3) is 0 Å². The molecular weight excluding hydrogens is 134 g/mol. The van der Waals surface area contributed by atoms with E-state index >= 15 is 0 Å². The van der Waals surface area contributed by atoms with Crippen molar-refractivity contribution in [1.82, 2.24) is 0 Å². The van der Waals surface area contributed by atoms with E-state index in [2.05, 4.69) is 18.4 Å². The summed E-state index contributed by atoms with van der Waals surface area (Å²) < 4.78 is 3.60. The minimum Gasteiger partial charge on any atom is -0.187 e. The van der Waals surface area contributed by atoms with E-state index in [1.807, 2.05) is 6.92 Å². The minimum atomic E-state index is 0.549. The van der Waals surface area contributed by atoms with Crippen LogP contribution in [0, 0.1) is 5.92 Å². The lowest BCUT2D eigenvalue weighted by Gasteiger charge is -2.06. The first-order chi connectivity index (χ1) is 4.22. The molecule has 0 rings (SSSR count). The van der Waals surface area contributed by atoms with E-state index < -0.39 is 0 Å². The normalized spacial score (nSPS) is 15.8. The molecule has 0 fully saturated rings. The average Bonchev–Trinajstić information content (AvgIpc) is 1.87. The molecule has 0 aromatic carbocycles. The molecule has 0 heterocycles. The van der Waals surface area contributed by atoms with Gasteiger partial charge < -0.3 is 0 Å². The average molecular weight is 148 g/mol. The molecule has 1 unspecified atom stereocenters. The SMILES string of the molecule is CCCC(C)C(C)=NCl. The Balaban J connectivity index is 3.59. The van der Waals surface area contributed by atoms with Crippen LogP contribution in [0.2, 0.25) is 0 Å². The molecule has 54 valence electrons. The highest BCUT2D eigenvalue weighted by atomic mass is 35.5. The number of hydrogen-bond acceptors (Lipinski definition) is 1. The Hall–Kier alpha value is -0.0400. The fourth-order valence-corrected chi connectivity index (χ4v) is 0.892. The van der Waals surface area contributed by atoms with E-state index in [0.717, 1.165) is 5.71 Å². The highest BCUT2D eigenvalue weighted by Crippen LogP contribution is 2.07. The van der Waals surface area contributed by atoms with Gasteiger partial charge in [0.05, 0.1) is 0 Å². The Morgan fingerprint density at radius 1 is 1.67 bits per heavy atom. The Bertz CT molecular complexity index is 99.1. The van der Waals surface area contributed by atoms with Gasteiger partial charge in [-0.3, -0.25) is 0 Å². The first-order valence-corrected chi connectivity index (χ1v) is 3.71. The topological polar surface area (TPSA) is 12.4 Å². The highest BCUT2D eigenvalue weighted by molar-refractivity contribution is 6.19. The van der Waals surface area contributed by atoms with Crippen molar-refractivity contribution in [3.05, 3.63) is 0 Å². The molecule has 0 amide bonds. The van der Waals surface area contributed by atoms with Gasteiger partial charge in [0.1, 0.15) is 0 Å². The maximum atomic E-state index is 5.27. The zero-order chi connectivity index (χ0) is 7.28. The molecule has 2 heteroatoms. The van der Waals surface area contributed by atoms with Crippen LogP contribution < -0.4 is 0 Å². The van der Waals surface area contributed by atoms with E-state index in [1.165, 1.54) is 12.8 Å². The quantitative estimate of drug-likeness (QED) is 0.545.